The van der Waals surface area contributed by atoms with Crippen molar-refractivity contribution in [3.63, 3.8) is 0 Å². The first-order valence-electron chi connectivity index (χ1n) is 13.6. The molecule has 1 saturated heterocycles. The highest BCUT2D eigenvalue weighted by atomic mass is 28.4. The van der Waals surface area contributed by atoms with Gasteiger partial charge >= 0.3 is 0 Å². The number of ether oxygens (including phenoxy) is 2. The van der Waals surface area contributed by atoms with E-state index < -0.39 is 14.1 Å². The smallest absolute Gasteiger partial charge is 0.228 e. The van der Waals surface area contributed by atoms with Crippen molar-refractivity contribution in [3.8, 4) is 0 Å². The minimum absolute atomic E-state index is 0.0206. The van der Waals surface area contributed by atoms with Gasteiger partial charge in [0.25, 0.3) is 0 Å². The summed E-state index contributed by atoms with van der Waals surface area (Å²) in [5, 5.41) is 7.30. The summed E-state index contributed by atoms with van der Waals surface area (Å²) >= 11 is 0. The van der Waals surface area contributed by atoms with Crippen LogP contribution in [0.5, 0.6) is 0 Å². The van der Waals surface area contributed by atoms with Crippen LogP contribution in [0.3, 0.4) is 0 Å². The SMILES string of the molecule is Cc1nc(N[C@H]2CCc3ccccc32)nc(N[C@@H]2C[C@@H](CO[Si](C)(C)C(C)(C)C)[C@H]3OC(C)(C)O[C@H]32)n1. The molecule has 202 valence electrons. The van der Waals surface area contributed by atoms with Gasteiger partial charge in [-0.1, -0.05) is 45.0 Å². The summed E-state index contributed by atoms with van der Waals surface area (Å²) in [4.78, 5) is 14.0. The Balaban J connectivity index is 1.30. The lowest BCUT2D eigenvalue weighted by molar-refractivity contribution is -0.158. The van der Waals surface area contributed by atoms with Gasteiger partial charge in [0.1, 0.15) is 11.9 Å². The van der Waals surface area contributed by atoms with E-state index in [-0.39, 0.29) is 35.2 Å². The number of nitrogens with zero attached hydrogens (tertiary/aromatic N) is 3. The fraction of sp³-hybridized carbons (Fsp3) is 0.679. The number of hydrogen-bond acceptors (Lipinski definition) is 8. The summed E-state index contributed by atoms with van der Waals surface area (Å²) in [7, 11) is -1.86. The number of aromatic nitrogens is 3. The van der Waals surface area contributed by atoms with Crippen molar-refractivity contribution in [2.45, 2.75) is 109 Å². The van der Waals surface area contributed by atoms with Crippen LogP contribution in [-0.4, -0.2) is 53.9 Å². The topological polar surface area (TPSA) is 90.4 Å². The van der Waals surface area contributed by atoms with Gasteiger partial charge in [-0.15, -0.1) is 0 Å². The normalized spacial score (nSPS) is 28.7. The molecule has 5 rings (SSSR count). The molecule has 9 heteroatoms. The van der Waals surface area contributed by atoms with Crippen LogP contribution in [0.15, 0.2) is 24.3 Å². The van der Waals surface area contributed by atoms with Gasteiger partial charge in [0.15, 0.2) is 14.1 Å². The van der Waals surface area contributed by atoms with Crippen LogP contribution in [0.2, 0.25) is 18.1 Å². The molecule has 0 spiro atoms. The predicted molar refractivity (Wildman–Crippen MR) is 148 cm³/mol. The summed E-state index contributed by atoms with van der Waals surface area (Å²) in [6.07, 6.45) is 2.88. The number of hydrogen-bond donors (Lipinski definition) is 2. The van der Waals surface area contributed by atoms with Gasteiger partial charge in [-0.3, -0.25) is 0 Å². The summed E-state index contributed by atoms with van der Waals surface area (Å²) in [6.45, 7) is 18.0. The molecule has 3 aliphatic rings. The quantitative estimate of drug-likeness (QED) is 0.450. The van der Waals surface area contributed by atoms with Crippen molar-refractivity contribution < 1.29 is 13.9 Å². The van der Waals surface area contributed by atoms with Crippen LogP contribution < -0.4 is 10.6 Å². The largest absolute Gasteiger partial charge is 0.416 e. The Morgan fingerprint density at radius 3 is 2.43 bits per heavy atom. The summed E-state index contributed by atoms with van der Waals surface area (Å²) in [6, 6.07) is 8.84. The van der Waals surface area contributed by atoms with E-state index in [0.717, 1.165) is 19.3 Å². The van der Waals surface area contributed by atoms with Gasteiger partial charge in [-0.25, -0.2) is 0 Å². The average Bonchev–Trinajstić information content (AvgIpc) is 3.43. The Hall–Kier alpha value is -2.07. The van der Waals surface area contributed by atoms with Crippen molar-refractivity contribution in [2.24, 2.45) is 5.92 Å². The van der Waals surface area contributed by atoms with E-state index in [9.17, 15) is 0 Å². The van der Waals surface area contributed by atoms with E-state index >= 15 is 0 Å². The van der Waals surface area contributed by atoms with Crippen LogP contribution >= 0.6 is 0 Å². The van der Waals surface area contributed by atoms with E-state index in [4.69, 9.17) is 18.9 Å². The summed E-state index contributed by atoms with van der Waals surface area (Å²) in [5.41, 5.74) is 2.73. The first kappa shape index (κ1) is 26.5. The minimum atomic E-state index is -1.86. The average molecular weight is 526 g/mol. The zero-order valence-electron chi connectivity index (χ0n) is 23.6. The Morgan fingerprint density at radius 1 is 1.03 bits per heavy atom. The summed E-state index contributed by atoms with van der Waals surface area (Å²) in [5.74, 6) is 1.48. The Labute approximate surface area is 222 Å². The number of nitrogens with one attached hydrogen (secondary N) is 2. The number of anilines is 2. The van der Waals surface area contributed by atoms with Crippen molar-refractivity contribution >= 4 is 20.2 Å². The maximum absolute atomic E-state index is 6.62. The summed E-state index contributed by atoms with van der Waals surface area (Å²) < 4.78 is 19.4. The van der Waals surface area contributed by atoms with E-state index in [1.54, 1.807) is 0 Å². The molecule has 2 N–H and O–H groups in total. The highest BCUT2D eigenvalue weighted by Crippen LogP contribution is 2.44. The van der Waals surface area contributed by atoms with Gasteiger partial charge in [-0.05, 0) is 69.3 Å². The number of fused-ring (bicyclic) bond motifs is 2. The lowest BCUT2D eigenvalue weighted by Gasteiger charge is -2.37. The first-order chi connectivity index (χ1) is 17.3. The molecule has 0 bridgehead atoms. The maximum atomic E-state index is 6.62. The molecule has 1 aromatic heterocycles. The van der Waals surface area contributed by atoms with E-state index in [1.807, 2.05) is 20.8 Å². The molecule has 2 aliphatic carbocycles. The molecule has 8 nitrogen and oxygen atoms in total. The van der Waals surface area contributed by atoms with Gasteiger partial charge in [-0.2, -0.15) is 15.0 Å². The maximum Gasteiger partial charge on any atom is 0.228 e. The van der Waals surface area contributed by atoms with E-state index in [2.05, 4.69) is 78.7 Å². The van der Waals surface area contributed by atoms with Crippen molar-refractivity contribution in [1.29, 1.82) is 0 Å². The van der Waals surface area contributed by atoms with Crippen molar-refractivity contribution in [2.75, 3.05) is 17.2 Å². The molecule has 37 heavy (non-hydrogen) atoms. The Bertz CT molecular complexity index is 1140. The van der Waals surface area contributed by atoms with E-state index in [0.29, 0.717) is 24.3 Å². The molecule has 2 fully saturated rings. The second kappa shape index (κ2) is 9.59. The molecule has 1 aliphatic heterocycles. The number of benzene rings is 1. The lowest BCUT2D eigenvalue weighted by Crippen LogP contribution is -2.43. The third-order valence-electron chi connectivity index (χ3n) is 8.54. The standard InChI is InChI=1S/C28H43N5O3Si/c1-17-29-25(31-21-14-13-18-11-9-10-12-20(18)21)33-26(30-17)32-22-15-19(16-34-37(7,8)27(2,3)4)23-24(22)36-28(5,6)35-23/h9-12,19,21-24H,13-16H2,1-8H3,(H2,29,30,31,32,33)/t19-,21-,22+,23+,24-/m0/s1. The van der Waals surface area contributed by atoms with Gasteiger partial charge in [0, 0.05) is 12.5 Å². The van der Waals surface area contributed by atoms with Crippen LogP contribution in [0.25, 0.3) is 0 Å². The van der Waals surface area contributed by atoms with Crippen LogP contribution in [0, 0.1) is 12.8 Å². The van der Waals surface area contributed by atoms with Crippen LogP contribution in [0.4, 0.5) is 11.9 Å². The second-order valence-electron chi connectivity index (χ2n) is 12.8. The predicted octanol–water partition coefficient (Wildman–Crippen LogP) is 5.62. The van der Waals surface area contributed by atoms with Crippen LogP contribution in [0.1, 0.15) is 70.5 Å². The molecular weight excluding hydrogens is 482 g/mol. The third kappa shape index (κ3) is 5.55. The molecule has 0 unspecified atom stereocenters. The molecule has 0 radical (unpaired) electrons. The van der Waals surface area contributed by atoms with E-state index in [1.165, 1.54) is 11.1 Å². The fourth-order valence-corrected chi connectivity index (χ4v) is 6.63. The molecule has 1 aromatic carbocycles. The Kier molecular flexibility index (Phi) is 6.88. The van der Waals surface area contributed by atoms with Gasteiger partial charge in [0.05, 0.1) is 18.2 Å². The molecule has 1 saturated carbocycles. The van der Waals surface area contributed by atoms with Gasteiger partial charge in [0.2, 0.25) is 11.9 Å². The highest BCUT2D eigenvalue weighted by Gasteiger charge is 2.54. The Morgan fingerprint density at radius 2 is 1.70 bits per heavy atom. The zero-order chi connectivity index (χ0) is 26.6. The molecule has 0 amide bonds. The minimum Gasteiger partial charge on any atom is -0.416 e. The molecule has 5 atom stereocenters. The van der Waals surface area contributed by atoms with Crippen molar-refractivity contribution in [1.82, 2.24) is 15.0 Å². The molecule has 2 heterocycles. The monoisotopic (exact) mass is 525 g/mol. The highest BCUT2D eigenvalue weighted by molar-refractivity contribution is 6.74. The second-order valence-corrected chi connectivity index (χ2v) is 17.7. The number of aryl methyl sites for hydroxylation is 2. The number of rotatable bonds is 7. The van der Waals surface area contributed by atoms with Crippen LogP contribution in [-0.2, 0) is 20.3 Å². The van der Waals surface area contributed by atoms with Gasteiger partial charge < -0.3 is 24.5 Å². The third-order valence-corrected chi connectivity index (χ3v) is 13.0. The molecular formula is C28H43N5O3Si. The zero-order valence-corrected chi connectivity index (χ0v) is 24.6. The lowest BCUT2D eigenvalue weighted by atomic mass is 10.1. The van der Waals surface area contributed by atoms with Crippen molar-refractivity contribution in [3.05, 3.63) is 41.2 Å². The fourth-order valence-electron chi connectivity index (χ4n) is 5.56. The molecule has 2 aromatic rings. The first-order valence-corrected chi connectivity index (χ1v) is 16.6.